The van der Waals surface area contributed by atoms with Crippen LogP contribution in [0.3, 0.4) is 0 Å². The van der Waals surface area contributed by atoms with E-state index in [1.165, 1.54) is 25.9 Å². The van der Waals surface area contributed by atoms with Crippen LogP contribution in [0.2, 0.25) is 0 Å². The van der Waals surface area contributed by atoms with E-state index < -0.39 is 0 Å². The molecule has 0 bridgehead atoms. The molecule has 136 valence electrons. The Balaban J connectivity index is 1.60. The third kappa shape index (κ3) is 2.58. The van der Waals surface area contributed by atoms with Crippen molar-refractivity contribution in [2.24, 2.45) is 5.92 Å². The quantitative estimate of drug-likeness (QED) is 0.666. The van der Waals surface area contributed by atoms with Crippen LogP contribution < -0.4 is 5.56 Å². The number of fused-ring (bicyclic) bond motifs is 4. The SMILES string of the molecule is CC1CCN(CCn2c3ccccc3c3nc4n(c(=O)c32)CCS4)CC1. The minimum Gasteiger partial charge on any atom is -0.333 e. The molecule has 2 aromatic heterocycles. The number of aromatic nitrogens is 3. The fourth-order valence-corrected chi connectivity index (χ4v) is 5.22. The van der Waals surface area contributed by atoms with E-state index >= 15 is 0 Å². The predicted molar refractivity (Wildman–Crippen MR) is 107 cm³/mol. The monoisotopic (exact) mass is 368 g/mol. The Kier molecular flexibility index (Phi) is 4.05. The second-order valence-electron chi connectivity index (χ2n) is 7.59. The topological polar surface area (TPSA) is 43.1 Å². The van der Waals surface area contributed by atoms with E-state index in [9.17, 15) is 4.79 Å². The molecule has 0 amide bonds. The van der Waals surface area contributed by atoms with Gasteiger partial charge in [-0.2, -0.15) is 0 Å². The lowest BCUT2D eigenvalue weighted by Crippen LogP contribution is -2.35. The number of rotatable bonds is 3. The average Bonchev–Trinajstić information content (AvgIpc) is 3.25. The van der Waals surface area contributed by atoms with E-state index in [0.29, 0.717) is 0 Å². The lowest BCUT2D eigenvalue weighted by atomic mass is 9.99. The van der Waals surface area contributed by atoms with Crippen molar-refractivity contribution in [3.05, 3.63) is 34.6 Å². The van der Waals surface area contributed by atoms with Crippen LogP contribution in [0.25, 0.3) is 21.9 Å². The van der Waals surface area contributed by atoms with E-state index in [0.717, 1.165) is 58.4 Å². The number of nitrogens with zero attached hydrogens (tertiary/aromatic N) is 4. The normalized spacial score (nSPS) is 18.8. The lowest BCUT2D eigenvalue weighted by Gasteiger charge is -2.30. The smallest absolute Gasteiger partial charge is 0.278 e. The van der Waals surface area contributed by atoms with Crippen molar-refractivity contribution < 1.29 is 0 Å². The first-order valence-corrected chi connectivity index (χ1v) is 10.6. The zero-order valence-corrected chi connectivity index (χ0v) is 16.0. The van der Waals surface area contributed by atoms with E-state index in [2.05, 4.69) is 34.6 Å². The molecule has 26 heavy (non-hydrogen) atoms. The van der Waals surface area contributed by atoms with Gasteiger partial charge in [0.15, 0.2) is 5.16 Å². The molecule has 2 aliphatic rings. The molecule has 0 N–H and O–H groups in total. The molecule has 2 aliphatic heterocycles. The van der Waals surface area contributed by atoms with Crippen molar-refractivity contribution in [3.8, 4) is 0 Å². The Morgan fingerprint density at radius 1 is 1.15 bits per heavy atom. The number of piperidine rings is 1. The van der Waals surface area contributed by atoms with Crippen molar-refractivity contribution in [3.63, 3.8) is 0 Å². The number of hydrogen-bond acceptors (Lipinski definition) is 4. The summed E-state index contributed by atoms with van der Waals surface area (Å²) in [7, 11) is 0. The Labute approximate surface area is 157 Å². The largest absolute Gasteiger partial charge is 0.333 e. The number of hydrogen-bond donors (Lipinski definition) is 0. The van der Waals surface area contributed by atoms with Crippen LogP contribution in [0.4, 0.5) is 0 Å². The summed E-state index contributed by atoms with van der Waals surface area (Å²) in [5.41, 5.74) is 2.91. The second kappa shape index (κ2) is 6.43. The summed E-state index contributed by atoms with van der Waals surface area (Å²) in [6, 6.07) is 8.32. The minimum atomic E-state index is 0.124. The molecule has 1 saturated heterocycles. The van der Waals surface area contributed by atoms with Crippen LogP contribution >= 0.6 is 11.8 Å². The van der Waals surface area contributed by atoms with Crippen LogP contribution in [0, 0.1) is 5.92 Å². The number of para-hydroxylation sites is 1. The van der Waals surface area contributed by atoms with Crippen molar-refractivity contribution in [1.82, 2.24) is 19.0 Å². The maximum absolute atomic E-state index is 13.2. The first kappa shape index (κ1) is 16.4. The molecule has 1 aromatic carbocycles. The molecule has 6 heteroatoms. The Bertz CT molecular complexity index is 1030. The molecule has 5 rings (SSSR count). The van der Waals surface area contributed by atoms with Gasteiger partial charge in [-0.15, -0.1) is 0 Å². The Morgan fingerprint density at radius 2 is 1.96 bits per heavy atom. The first-order chi connectivity index (χ1) is 12.7. The van der Waals surface area contributed by atoms with E-state index in [1.807, 2.05) is 10.6 Å². The van der Waals surface area contributed by atoms with E-state index in [4.69, 9.17) is 4.98 Å². The summed E-state index contributed by atoms with van der Waals surface area (Å²) >= 11 is 1.69. The highest BCUT2D eigenvalue weighted by Gasteiger charge is 2.23. The van der Waals surface area contributed by atoms with Crippen molar-refractivity contribution in [2.75, 3.05) is 25.4 Å². The summed E-state index contributed by atoms with van der Waals surface area (Å²) in [4.78, 5) is 20.6. The molecule has 0 radical (unpaired) electrons. The van der Waals surface area contributed by atoms with Crippen LogP contribution in [-0.2, 0) is 13.1 Å². The van der Waals surface area contributed by atoms with Gasteiger partial charge in [0.05, 0.1) is 5.52 Å². The Hall–Kier alpha value is -1.79. The highest BCUT2D eigenvalue weighted by molar-refractivity contribution is 7.99. The third-order valence-corrected chi connectivity index (χ3v) is 6.85. The van der Waals surface area contributed by atoms with Crippen LogP contribution in [0.15, 0.2) is 34.2 Å². The van der Waals surface area contributed by atoms with Gasteiger partial charge in [-0.05, 0) is 37.9 Å². The molecule has 3 aromatic rings. The first-order valence-electron chi connectivity index (χ1n) is 9.59. The number of benzene rings is 1. The summed E-state index contributed by atoms with van der Waals surface area (Å²) in [6.07, 6.45) is 2.56. The van der Waals surface area contributed by atoms with Crippen molar-refractivity contribution in [2.45, 2.75) is 38.0 Å². The fourth-order valence-electron chi connectivity index (χ4n) is 4.28. The van der Waals surface area contributed by atoms with Gasteiger partial charge in [0, 0.05) is 30.8 Å². The zero-order chi connectivity index (χ0) is 17.7. The van der Waals surface area contributed by atoms with Gasteiger partial charge < -0.3 is 9.47 Å². The summed E-state index contributed by atoms with van der Waals surface area (Å²) in [5.74, 6) is 1.78. The molecular formula is C20H24N4OS. The summed E-state index contributed by atoms with van der Waals surface area (Å²) < 4.78 is 4.07. The van der Waals surface area contributed by atoms with Gasteiger partial charge in [-0.1, -0.05) is 36.9 Å². The Morgan fingerprint density at radius 3 is 2.81 bits per heavy atom. The van der Waals surface area contributed by atoms with E-state index in [-0.39, 0.29) is 5.56 Å². The minimum absolute atomic E-state index is 0.124. The molecule has 0 saturated carbocycles. The van der Waals surface area contributed by atoms with Gasteiger partial charge in [-0.3, -0.25) is 9.36 Å². The molecule has 0 unspecified atom stereocenters. The maximum atomic E-state index is 13.2. The number of thioether (sulfide) groups is 1. The zero-order valence-electron chi connectivity index (χ0n) is 15.1. The highest BCUT2D eigenvalue weighted by Crippen LogP contribution is 2.30. The standard InChI is InChI=1S/C20H24N4OS/c1-14-6-8-22(9-7-14)10-11-23-16-5-3-2-4-15(16)17-18(23)19(25)24-12-13-26-20(24)21-17/h2-5,14H,6-13H2,1H3. The van der Waals surface area contributed by atoms with Gasteiger partial charge in [-0.25, -0.2) is 4.98 Å². The maximum Gasteiger partial charge on any atom is 0.278 e. The van der Waals surface area contributed by atoms with Crippen LogP contribution in [0.5, 0.6) is 0 Å². The van der Waals surface area contributed by atoms with Gasteiger partial charge in [0.2, 0.25) is 0 Å². The highest BCUT2D eigenvalue weighted by atomic mass is 32.2. The molecule has 0 aliphatic carbocycles. The average molecular weight is 369 g/mol. The predicted octanol–water partition coefficient (Wildman–Crippen LogP) is 3.19. The van der Waals surface area contributed by atoms with Crippen molar-refractivity contribution >= 4 is 33.7 Å². The third-order valence-electron chi connectivity index (χ3n) is 5.89. The summed E-state index contributed by atoms with van der Waals surface area (Å²) in [6.45, 7) is 7.30. The van der Waals surface area contributed by atoms with Gasteiger partial charge in [0.1, 0.15) is 11.0 Å². The molecule has 0 atom stereocenters. The molecule has 4 heterocycles. The van der Waals surface area contributed by atoms with Gasteiger partial charge >= 0.3 is 0 Å². The van der Waals surface area contributed by atoms with E-state index in [1.54, 1.807) is 11.8 Å². The second-order valence-corrected chi connectivity index (χ2v) is 8.65. The molecule has 0 spiro atoms. The number of likely N-dealkylation sites (tertiary alicyclic amines) is 1. The molecular weight excluding hydrogens is 344 g/mol. The fraction of sp³-hybridized carbons (Fsp3) is 0.500. The molecule has 5 nitrogen and oxygen atoms in total. The van der Waals surface area contributed by atoms with Gasteiger partial charge in [0.25, 0.3) is 5.56 Å². The van der Waals surface area contributed by atoms with Crippen LogP contribution in [0.1, 0.15) is 19.8 Å². The van der Waals surface area contributed by atoms with Crippen molar-refractivity contribution in [1.29, 1.82) is 0 Å². The lowest BCUT2D eigenvalue weighted by molar-refractivity contribution is 0.187. The van der Waals surface area contributed by atoms with Crippen LogP contribution in [-0.4, -0.2) is 44.4 Å². The molecule has 1 fully saturated rings. The summed E-state index contributed by atoms with van der Waals surface area (Å²) in [5, 5.41) is 1.97.